The summed E-state index contributed by atoms with van der Waals surface area (Å²) in [6.07, 6.45) is 1.65. The van der Waals surface area contributed by atoms with E-state index in [0.717, 1.165) is 12.8 Å². The van der Waals surface area contributed by atoms with Crippen molar-refractivity contribution in [2.24, 2.45) is 0 Å². The lowest BCUT2D eigenvalue weighted by Gasteiger charge is -2.42. The van der Waals surface area contributed by atoms with Crippen LogP contribution in [-0.2, 0) is 28.7 Å². The highest BCUT2D eigenvalue weighted by atomic mass is 16.5. The SMILES string of the molecule is CCCC(CN1CC(=O)N(CN2CCOCC2)C(=O)C1)N1CC(=O)N(CN2CCOCC2)C(=O)C1. The molecule has 4 heterocycles. The molecule has 0 aromatic rings. The first kappa shape index (κ1) is 26.1. The topological polar surface area (TPSA) is 106 Å². The van der Waals surface area contributed by atoms with Crippen molar-refractivity contribution in [3.63, 3.8) is 0 Å². The summed E-state index contributed by atoms with van der Waals surface area (Å²) in [7, 11) is 0. The molecule has 4 saturated heterocycles. The van der Waals surface area contributed by atoms with Gasteiger partial charge in [-0.1, -0.05) is 13.3 Å². The van der Waals surface area contributed by atoms with Crippen LogP contribution in [0.5, 0.6) is 0 Å². The van der Waals surface area contributed by atoms with Crippen LogP contribution < -0.4 is 0 Å². The molecule has 4 aliphatic rings. The molecule has 12 nitrogen and oxygen atoms in total. The lowest BCUT2D eigenvalue weighted by molar-refractivity contribution is -0.159. The summed E-state index contributed by atoms with van der Waals surface area (Å²) in [6.45, 7) is 9.07. The van der Waals surface area contributed by atoms with Crippen molar-refractivity contribution in [2.45, 2.75) is 25.8 Å². The molecule has 0 aromatic heterocycles. The second-order valence-corrected chi connectivity index (χ2v) is 9.69. The highest BCUT2D eigenvalue weighted by Crippen LogP contribution is 2.17. The van der Waals surface area contributed by atoms with Crippen LogP contribution in [0.3, 0.4) is 0 Å². The van der Waals surface area contributed by atoms with Crippen LogP contribution in [0.1, 0.15) is 19.8 Å². The average molecular weight is 495 g/mol. The molecule has 35 heavy (non-hydrogen) atoms. The average Bonchev–Trinajstić information content (AvgIpc) is 2.84. The number of carbonyl (C=O) groups is 4. The fourth-order valence-corrected chi connectivity index (χ4v) is 5.07. The number of carbonyl (C=O) groups excluding carboxylic acids is 4. The molecule has 0 aromatic carbocycles. The molecule has 12 heteroatoms. The van der Waals surface area contributed by atoms with E-state index in [4.69, 9.17) is 9.47 Å². The van der Waals surface area contributed by atoms with Gasteiger partial charge in [0.1, 0.15) is 0 Å². The van der Waals surface area contributed by atoms with Gasteiger partial charge in [-0.25, -0.2) is 0 Å². The molecular weight excluding hydrogens is 456 g/mol. The Morgan fingerprint density at radius 3 is 1.51 bits per heavy atom. The van der Waals surface area contributed by atoms with Crippen LogP contribution in [0.25, 0.3) is 0 Å². The van der Waals surface area contributed by atoms with Gasteiger partial charge in [-0.15, -0.1) is 0 Å². The fourth-order valence-electron chi connectivity index (χ4n) is 5.07. The zero-order valence-electron chi connectivity index (χ0n) is 20.7. The van der Waals surface area contributed by atoms with Crippen molar-refractivity contribution in [2.75, 3.05) is 98.7 Å². The molecule has 4 fully saturated rings. The number of nitrogens with zero attached hydrogens (tertiary/aromatic N) is 6. The first-order chi connectivity index (χ1) is 16.9. The first-order valence-corrected chi connectivity index (χ1v) is 12.7. The van der Waals surface area contributed by atoms with E-state index in [1.165, 1.54) is 9.80 Å². The highest BCUT2D eigenvalue weighted by molar-refractivity contribution is 6.00. The molecule has 4 amide bonds. The van der Waals surface area contributed by atoms with Gasteiger partial charge in [0, 0.05) is 38.8 Å². The van der Waals surface area contributed by atoms with Gasteiger partial charge in [-0.3, -0.25) is 48.6 Å². The Hall–Kier alpha value is -1.96. The Morgan fingerprint density at radius 1 is 0.657 bits per heavy atom. The van der Waals surface area contributed by atoms with E-state index in [9.17, 15) is 19.2 Å². The van der Waals surface area contributed by atoms with E-state index in [-0.39, 0.29) is 55.8 Å². The van der Waals surface area contributed by atoms with E-state index in [0.29, 0.717) is 72.5 Å². The maximum atomic E-state index is 12.9. The second kappa shape index (κ2) is 12.3. The van der Waals surface area contributed by atoms with E-state index < -0.39 is 0 Å². The van der Waals surface area contributed by atoms with Gasteiger partial charge >= 0.3 is 0 Å². The number of ether oxygens (including phenoxy) is 2. The molecule has 0 N–H and O–H groups in total. The number of piperazine rings is 2. The molecule has 1 unspecified atom stereocenters. The summed E-state index contributed by atoms with van der Waals surface area (Å²) in [4.78, 5) is 62.0. The molecule has 0 bridgehead atoms. The summed E-state index contributed by atoms with van der Waals surface area (Å²) in [5.74, 6) is -0.802. The Morgan fingerprint density at radius 2 is 1.09 bits per heavy atom. The predicted molar refractivity (Wildman–Crippen MR) is 125 cm³/mol. The highest BCUT2D eigenvalue weighted by Gasteiger charge is 2.38. The lowest BCUT2D eigenvalue weighted by atomic mass is 10.1. The predicted octanol–water partition coefficient (Wildman–Crippen LogP) is -1.92. The first-order valence-electron chi connectivity index (χ1n) is 12.7. The molecular formula is C23H38N6O6. The van der Waals surface area contributed by atoms with E-state index in [1.54, 1.807) is 0 Å². The Bertz CT molecular complexity index is 748. The molecule has 0 spiro atoms. The van der Waals surface area contributed by atoms with Gasteiger partial charge in [-0.05, 0) is 6.42 Å². The number of imide groups is 2. The van der Waals surface area contributed by atoms with Crippen LogP contribution in [0.2, 0.25) is 0 Å². The van der Waals surface area contributed by atoms with Crippen molar-refractivity contribution < 1.29 is 28.7 Å². The van der Waals surface area contributed by atoms with Gasteiger partial charge in [0.05, 0.1) is 65.9 Å². The van der Waals surface area contributed by atoms with Gasteiger partial charge in [0.25, 0.3) is 0 Å². The van der Waals surface area contributed by atoms with Crippen LogP contribution in [0.4, 0.5) is 0 Å². The van der Waals surface area contributed by atoms with Crippen molar-refractivity contribution in [3.8, 4) is 0 Å². The molecule has 0 radical (unpaired) electrons. The van der Waals surface area contributed by atoms with Crippen molar-refractivity contribution in [1.29, 1.82) is 0 Å². The lowest BCUT2D eigenvalue weighted by Crippen LogP contribution is -2.62. The number of hydrogen-bond donors (Lipinski definition) is 0. The van der Waals surface area contributed by atoms with Crippen molar-refractivity contribution in [3.05, 3.63) is 0 Å². The molecule has 4 rings (SSSR count). The zero-order valence-corrected chi connectivity index (χ0v) is 20.7. The molecule has 0 saturated carbocycles. The number of morpholine rings is 2. The minimum Gasteiger partial charge on any atom is -0.379 e. The Kier molecular flexibility index (Phi) is 9.20. The van der Waals surface area contributed by atoms with Crippen LogP contribution >= 0.6 is 0 Å². The van der Waals surface area contributed by atoms with Crippen LogP contribution in [0.15, 0.2) is 0 Å². The standard InChI is InChI=1S/C23H38N6O6/c1-2-3-19(27-15-22(32)29(23(33)16-27)18-25-6-10-35-11-7-25)12-26-13-20(30)28(21(31)14-26)17-24-4-8-34-9-5-24/h19H,2-18H2,1H3. The largest absolute Gasteiger partial charge is 0.379 e. The number of rotatable bonds is 9. The summed E-state index contributed by atoms with van der Waals surface area (Å²) in [5, 5.41) is 0. The van der Waals surface area contributed by atoms with Gasteiger partial charge in [-0.2, -0.15) is 0 Å². The van der Waals surface area contributed by atoms with Crippen molar-refractivity contribution >= 4 is 23.6 Å². The van der Waals surface area contributed by atoms with E-state index in [1.807, 2.05) is 9.80 Å². The molecule has 0 aliphatic carbocycles. The summed E-state index contributed by atoms with van der Waals surface area (Å²) in [6, 6.07) is -0.0789. The monoisotopic (exact) mass is 494 g/mol. The number of hydrogen-bond acceptors (Lipinski definition) is 10. The fraction of sp³-hybridized carbons (Fsp3) is 0.826. The normalized spacial score (nSPS) is 25.5. The third kappa shape index (κ3) is 6.83. The maximum absolute atomic E-state index is 12.9. The molecule has 1 atom stereocenters. The summed E-state index contributed by atoms with van der Waals surface area (Å²) in [5.41, 5.74) is 0. The molecule has 4 aliphatic heterocycles. The van der Waals surface area contributed by atoms with Gasteiger partial charge in [0.2, 0.25) is 23.6 Å². The number of amides is 4. The zero-order chi connectivity index (χ0) is 24.8. The second-order valence-electron chi connectivity index (χ2n) is 9.69. The quantitative estimate of drug-likeness (QED) is 0.337. The minimum atomic E-state index is -0.203. The third-order valence-corrected chi connectivity index (χ3v) is 7.10. The van der Waals surface area contributed by atoms with E-state index in [2.05, 4.69) is 16.7 Å². The maximum Gasteiger partial charge on any atom is 0.244 e. The molecule has 196 valence electrons. The summed E-state index contributed by atoms with van der Waals surface area (Å²) < 4.78 is 10.7. The summed E-state index contributed by atoms with van der Waals surface area (Å²) >= 11 is 0. The van der Waals surface area contributed by atoms with Crippen LogP contribution in [0, 0.1) is 0 Å². The van der Waals surface area contributed by atoms with E-state index >= 15 is 0 Å². The van der Waals surface area contributed by atoms with Gasteiger partial charge < -0.3 is 9.47 Å². The Labute approximate surface area is 206 Å². The Balaban J connectivity index is 1.31. The third-order valence-electron chi connectivity index (χ3n) is 7.10. The van der Waals surface area contributed by atoms with Gasteiger partial charge in [0.15, 0.2) is 0 Å². The minimum absolute atomic E-state index is 0.0789. The van der Waals surface area contributed by atoms with Crippen molar-refractivity contribution in [1.82, 2.24) is 29.4 Å². The van der Waals surface area contributed by atoms with Crippen LogP contribution in [-0.4, -0.2) is 158 Å². The smallest absolute Gasteiger partial charge is 0.244 e.